The first-order valence-electron chi connectivity index (χ1n) is 7.60. The number of anilines is 1. The summed E-state index contributed by atoms with van der Waals surface area (Å²) in [7, 11) is 0. The number of nitrogens with one attached hydrogen (secondary N) is 1. The van der Waals surface area contributed by atoms with Gasteiger partial charge < -0.3 is 9.84 Å². The minimum Gasteiger partial charge on any atom is -0.381 e. The second-order valence-corrected chi connectivity index (χ2v) is 5.50. The molecule has 22 heavy (non-hydrogen) atoms. The first-order valence-corrected chi connectivity index (χ1v) is 7.60. The number of hydrogen-bond acceptors (Lipinski definition) is 7. The topological polar surface area (TPSA) is 94.0 Å². The van der Waals surface area contributed by atoms with E-state index in [1.54, 1.807) is 10.8 Å². The molecule has 0 aromatic carbocycles. The molecule has 0 radical (unpaired) electrons. The van der Waals surface area contributed by atoms with Gasteiger partial charge in [0.15, 0.2) is 5.82 Å². The fourth-order valence-electron chi connectivity index (χ4n) is 2.36. The van der Waals surface area contributed by atoms with Gasteiger partial charge >= 0.3 is 0 Å². The van der Waals surface area contributed by atoms with Gasteiger partial charge in [-0.2, -0.15) is 14.6 Å². The Labute approximate surface area is 126 Å². The molecule has 3 aromatic rings. The Balaban J connectivity index is 1.45. The highest BCUT2D eigenvalue weighted by atomic mass is 16.5. The van der Waals surface area contributed by atoms with Gasteiger partial charge in [-0.25, -0.2) is 0 Å². The Morgan fingerprint density at radius 3 is 3.14 bits per heavy atom. The summed E-state index contributed by atoms with van der Waals surface area (Å²) in [6.45, 7) is 2.78. The van der Waals surface area contributed by atoms with E-state index in [4.69, 9.17) is 4.52 Å². The van der Waals surface area contributed by atoms with Gasteiger partial charge in [-0.3, -0.25) is 0 Å². The summed E-state index contributed by atoms with van der Waals surface area (Å²) in [5.41, 5.74) is 2.64. The first-order chi connectivity index (χ1) is 10.8. The number of nitrogens with zero attached hydrogens (tertiary/aromatic N) is 6. The third-order valence-corrected chi connectivity index (χ3v) is 3.76. The molecule has 8 heteroatoms. The van der Waals surface area contributed by atoms with Crippen LogP contribution in [0.25, 0.3) is 5.65 Å². The van der Waals surface area contributed by atoms with E-state index in [1.807, 2.05) is 6.07 Å². The van der Waals surface area contributed by atoms with Crippen molar-refractivity contribution >= 4 is 11.3 Å². The van der Waals surface area contributed by atoms with Gasteiger partial charge in [0.25, 0.3) is 0 Å². The van der Waals surface area contributed by atoms with Crippen LogP contribution in [0, 0.1) is 0 Å². The molecular formula is C14H17N7O. The maximum absolute atomic E-state index is 5.26. The van der Waals surface area contributed by atoms with Crippen molar-refractivity contribution in [2.24, 2.45) is 0 Å². The quantitative estimate of drug-likeness (QED) is 0.738. The zero-order valence-corrected chi connectivity index (χ0v) is 12.4. The van der Waals surface area contributed by atoms with Crippen LogP contribution in [0.5, 0.6) is 0 Å². The highest BCUT2D eigenvalue weighted by Crippen LogP contribution is 2.38. The van der Waals surface area contributed by atoms with Crippen molar-refractivity contribution in [3.8, 4) is 0 Å². The summed E-state index contributed by atoms with van der Waals surface area (Å²) in [4.78, 5) is 4.43. The predicted molar refractivity (Wildman–Crippen MR) is 78.6 cm³/mol. The highest BCUT2D eigenvalue weighted by Gasteiger charge is 2.29. The van der Waals surface area contributed by atoms with Crippen molar-refractivity contribution in [1.29, 1.82) is 0 Å². The maximum atomic E-state index is 5.26. The molecule has 3 heterocycles. The second-order valence-electron chi connectivity index (χ2n) is 5.50. The van der Waals surface area contributed by atoms with E-state index in [0.717, 1.165) is 35.2 Å². The van der Waals surface area contributed by atoms with Gasteiger partial charge in [0.2, 0.25) is 11.5 Å². The van der Waals surface area contributed by atoms with Crippen LogP contribution in [-0.2, 0) is 12.8 Å². The van der Waals surface area contributed by atoms with Crippen molar-refractivity contribution in [3.63, 3.8) is 0 Å². The van der Waals surface area contributed by atoms with Crippen LogP contribution in [0.15, 0.2) is 16.9 Å². The Kier molecular flexibility index (Phi) is 3.21. The molecule has 0 bridgehead atoms. The van der Waals surface area contributed by atoms with Crippen LogP contribution in [0.4, 0.5) is 5.69 Å². The smallest absolute Gasteiger partial charge is 0.229 e. The van der Waals surface area contributed by atoms with E-state index < -0.39 is 0 Å². The van der Waals surface area contributed by atoms with Crippen molar-refractivity contribution in [1.82, 2.24) is 30.0 Å². The molecule has 0 aliphatic heterocycles. The minimum atomic E-state index is 0.497. The predicted octanol–water partition coefficient (Wildman–Crippen LogP) is 1.60. The van der Waals surface area contributed by atoms with E-state index in [1.165, 1.54) is 12.8 Å². The number of rotatable bonds is 6. The lowest BCUT2D eigenvalue weighted by Crippen LogP contribution is -2.09. The monoisotopic (exact) mass is 299 g/mol. The van der Waals surface area contributed by atoms with E-state index in [9.17, 15) is 0 Å². The molecule has 1 fully saturated rings. The number of aryl methyl sites for hydroxylation is 1. The van der Waals surface area contributed by atoms with Gasteiger partial charge in [0, 0.05) is 18.9 Å². The summed E-state index contributed by atoms with van der Waals surface area (Å²) < 4.78 is 6.96. The lowest BCUT2D eigenvalue weighted by molar-refractivity contribution is 0.374. The molecule has 0 saturated heterocycles. The zero-order chi connectivity index (χ0) is 14.9. The van der Waals surface area contributed by atoms with Crippen LogP contribution in [-0.4, -0.2) is 36.5 Å². The lowest BCUT2D eigenvalue weighted by Gasteiger charge is -2.07. The molecule has 0 unspecified atom stereocenters. The van der Waals surface area contributed by atoms with Crippen molar-refractivity contribution in [2.75, 3.05) is 11.9 Å². The molecule has 3 aromatic heterocycles. The summed E-state index contributed by atoms with van der Waals surface area (Å²) in [5, 5.41) is 19.8. The van der Waals surface area contributed by atoms with Crippen LogP contribution in [0.1, 0.15) is 43.1 Å². The van der Waals surface area contributed by atoms with E-state index in [-0.39, 0.29) is 0 Å². The SMILES string of the molecule is CCc1cc(NCCc2noc(C3CC3)n2)c2nncn2n1. The second kappa shape index (κ2) is 5.36. The average molecular weight is 299 g/mol. The molecule has 114 valence electrons. The van der Waals surface area contributed by atoms with Gasteiger partial charge in [0.05, 0.1) is 11.4 Å². The van der Waals surface area contributed by atoms with Gasteiger partial charge in [-0.15, -0.1) is 10.2 Å². The molecule has 1 N–H and O–H groups in total. The Hall–Kier alpha value is -2.51. The lowest BCUT2D eigenvalue weighted by atomic mass is 10.3. The Bertz CT molecular complexity index is 789. The van der Waals surface area contributed by atoms with E-state index in [2.05, 4.69) is 37.7 Å². The molecule has 0 atom stereocenters. The normalized spacial score (nSPS) is 14.6. The van der Waals surface area contributed by atoms with Crippen molar-refractivity contribution < 1.29 is 4.52 Å². The van der Waals surface area contributed by atoms with E-state index >= 15 is 0 Å². The molecule has 1 aliphatic rings. The summed E-state index contributed by atoms with van der Waals surface area (Å²) in [5.74, 6) is 2.03. The highest BCUT2D eigenvalue weighted by molar-refractivity contribution is 5.66. The molecule has 4 rings (SSSR count). The fraction of sp³-hybridized carbons (Fsp3) is 0.500. The minimum absolute atomic E-state index is 0.497. The fourth-order valence-corrected chi connectivity index (χ4v) is 2.36. The average Bonchev–Trinajstić information content (AvgIpc) is 3.09. The van der Waals surface area contributed by atoms with Crippen molar-refractivity contribution in [3.05, 3.63) is 29.8 Å². The standard InChI is InChI=1S/C14H17N7O/c1-2-10-7-11(13-18-16-8-21(13)19-10)15-6-5-12-17-14(22-20-12)9-3-4-9/h7-9,15H,2-6H2,1H3. The molecule has 8 nitrogen and oxygen atoms in total. The van der Waals surface area contributed by atoms with Gasteiger partial charge in [0.1, 0.15) is 6.33 Å². The Morgan fingerprint density at radius 1 is 1.41 bits per heavy atom. The van der Waals surface area contributed by atoms with E-state index in [0.29, 0.717) is 18.9 Å². The van der Waals surface area contributed by atoms with Gasteiger partial charge in [-0.05, 0) is 25.3 Å². The largest absolute Gasteiger partial charge is 0.381 e. The molecule has 1 saturated carbocycles. The molecule has 1 aliphatic carbocycles. The summed E-state index contributed by atoms with van der Waals surface area (Å²) in [6, 6.07) is 2.01. The van der Waals surface area contributed by atoms with Crippen LogP contribution >= 0.6 is 0 Å². The molecule has 0 spiro atoms. The maximum Gasteiger partial charge on any atom is 0.229 e. The zero-order valence-electron chi connectivity index (χ0n) is 12.4. The Morgan fingerprint density at radius 2 is 2.32 bits per heavy atom. The third-order valence-electron chi connectivity index (χ3n) is 3.76. The third kappa shape index (κ3) is 2.51. The summed E-state index contributed by atoms with van der Waals surface area (Å²) >= 11 is 0. The number of hydrogen-bond donors (Lipinski definition) is 1. The van der Waals surface area contributed by atoms with Gasteiger partial charge in [-0.1, -0.05) is 12.1 Å². The number of fused-ring (bicyclic) bond motifs is 1. The van der Waals surface area contributed by atoms with Crippen LogP contribution < -0.4 is 5.32 Å². The van der Waals surface area contributed by atoms with Crippen LogP contribution in [0.2, 0.25) is 0 Å². The van der Waals surface area contributed by atoms with Crippen LogP contribution in [0.3, 0.4) is 0 Å². The summed E-state index contributed by atoms with van der Waals surface area (Å²) in [6.07, 6.45) is 5.52. The first kappa shape index (κ1) is 13.2. The van der Waals surface area contributed by atoms with Crippen molar-refractivity contribution in [2.45, 2.75) is 38.5 Å². The molecular weight excluding hydrogens is 282 g/mol. The number of aromatic nitrogens is 6. The molecule has 0 amide bonds.